The summed E-state index contributed by atoms with van der Waals surface area (Å²) < 4.78 is 24.6. The molecule has 0 fully saturated rings. The van der Waals surface area contributed by atoms with Gasteiger partial charge in [0.2, 0.25) is 5.95 Å². The van der Waals surface area contributed by atoms with Gasteiger partial charge in [-0.15, -0.1) is 0 Å². The SMILES string of the molecule is CC(C)(C)OC(=O)Nc1ccc(C2=C(CO)COCC2)c(F)n1. The number of rotatable bonds is 3. The number of nitrogens with zero attached hydrogens (tertiary/aromatic N) is 1. The van der Waals surface area contributed by atoms with Crippen LogP contribution in [-0.4, -0.2) is 41.6 Å². The van der Waals surface area contributed by atoms with E-state index in [-0.39, 0.29) is 19.0 Å². The normalized spacial score (nSPS) is 15.5. The Balaban J connectivity index is 2.18. The lowest BCUT2D eigenvalue weighted by atomic mass is 9.97. The van der Waals surface area contributed by atoms with Gasteiger partial charge in [-0.05, 0) is 50.5 Å². The van der Waals surface area contributed by atoms with Gasteiger partial charge in [0.25, 0.3) is 0 Å². The summed E-state index contributed by atoms with van der Waals surface area (Å²) in [6, 6.07) is 3.03. The third-order valence-corrected chi connectivity index (χ3v) is 3.19. The predicted octanol–water partition coefficient (Wildman–Crippen LogP) is 2.73. The Morgan fingerprint density at radius 2 is 2.22 bits per heavy atom. The number of amides is 1. The molecule has 0 radical (unpaired) electrons. The minimum Gasteiger partial charge on any atom is -0.444 e. The van der Waals surface area contributed by atoms with Gasteiger partial charge >= 0.3 is 6.09 Å². The van der Waals surface area contributed by atoms with Crippen LogP contribution in [0.2, 0.25) is 0 Å². The number of aliphatic hydroxyl groups excluding tert-OH is 1. The minimum atomic E-state index is -0.707. The second-order valence-corrected chi connectivity index (χ2v) is 6.20. The standard InChI is InChI=1S/C16H21FN2O4/c1-16(2,3)23-15(21)19-13-5-4-12(14(17)18-13)11-6-7-22-9-10(11)8-20/h4-5,20H,6-9H2,1-3H3,(H,18,19,21). The second-order valence-electron chi connectivity index (χ2n) is 6.20. The van der Waals surface area contributed by atoms with Crippen molar-refractivity contribution >= 4 is 17.5 Å². The first-order chi connectivity index (χ1) is 10.8. The summed E-state index contributed by atoms with van der Waals surface area (Å²) >= 11 is 0. The van der Waals surface area contributed by atoms with Crippen LogP contribution < -0.4 is 5.32 Å². The van der Waals surface area contributed by atoms with Crippen LogP contribution in [-0.2, 0) is 9.47 Å². The number of halogens is 1. The van der Waals surface area contributed by atoms with Gasteiger partial charge in [0, 0.05) is 5.56 Å². The van der Waals surface area contributed by atoms with Gasteiger partial charge < -0.3 is 14.6 Å². The molecule has 23 heavy (non-hydrogen) atoms. The molecule has 0 saturated heterocycles. The average molecular weight is 324 g/mol. The Morgan fingerprint density at radius 1 is 1.48 bits per heavy atom. The van der Waals surface area contributed by atoms with E-state index in [2.05, 4.69) is 10.3 Å². The maximum Gasteiger partial charge on any atom is 0.413 e. The van der Waals surface area contributed by atoms with E-state index in [0.29, 0.717) is 29.7 Å². The number of ether oxygens (including phenoxy) is 2. The molecule has 1 aliphatic rings. The number of hydrogen-bond donors (Lipinski definition) is 2. The number of aliphatic hydroxyl groups is 1. The predicted molar refractivity (Wildman–Crippen MR) is 83.5 cm³/mol. The van der Waals surface area contributed by atoms with E-state index >= 15 is 0 Å². The van der Waals surface area contributed by atoms with Gasteiger partial charge in [0.1, 0.15) is 11.4 Å². The lowest BCUT2D eigenvalue weighted by Gasteiger charge is -2.21. The molecule has 0 unspecified atom stereocenters. The highest BCUT2D eigenvalue weighted by Gasteiger charge is 2.20. The summed E-state index contributed by atoms with van der Waals surface area (Å²) in [6.07, 6.45) is -0.189. The fourth-order valence-corrected chi connectivity index (χ4v) is 2.24. The van der Waals surface area contributed by atoms with E-state index in [1.165, 1.54) is 12.1 Å². The van der Waals surface area contributed by atoms with Gasteiger partial charge in [0.15, 0.2) is 0 Å². The summed E-state index contributed by atoms with van der Waals surface area (Å²) in [5.41, 5.74) is 1.01. The topological polar surface area (TPSA) is 80.7 Å². The monoisotopic (exact) mass is 324 g/mol. The highest BCUT2D eigenvalue weighted by Crippen LogP contribution is 2.28. The van der Waals surface area contributed by atoms with E-state index in [1.807, 2.05) is 0 Å². The summed E-state index contributed by atoms with van der Waals surface area (Å²) in [4.78, 5) is 15.4. The molecule has 1 aromatic rings. The number of carbonyl (C=O) groups is 1. The zero-order valence-corrected chi connectivity index (χ0v) is 13.5. The fourth-order valence-electron chi connectivity index (χ4n) is 2.24. The molecule has 0 aromatic carbocycles. The van der Waals surface area contributed by atoms with Crippen molar-refractivity contribution in [1.82, 2.24) is 4.98 Å². The molecule has 7 heteroatoms. The molecular formula is C16H21FN2O4. The first-order valence-corrected chi connectivity index (χ1v) is 7.36. The van der Waals surface area contributed by atoms with Crippen molar-refractivity contribution in [3.05, 3.63) is 29.2 Å². The molecule has 0 bridgehead atoms. The summed E-state index contributed by atoms with van der Waals surface area (Å²) in [7, 11) is 0. The van der Waals surface area contributed by atoms with E-state index in [4.69, 9.17) is 9.47 Å². The zero-order chi connectivity index (χ0) is 17.0. The van der Waals surface area contributed by atoms with Crippen molar-refractivity contribution in [1.29, 1.82) is 0 Å². The smallest absolute Gasteiger partial charge is 0.413 e. The largest absolute Gasteiger partial charge is 0.444 e. The molecule has 2 heterocycles. The third-order valence-electron chi connectivity index (χ3n) is 3.19. The molecule has 0 saturated carbocycles. The number of carbonyl (C=O) groups excluding carboxylic acids is 1. The molecule has 1 amide bonds. The average Bonchev–Trinajstić information content (AvgIpc) is 2.45. The summed E-state index contributed by atoms with van der Waals surface area (Å²) in [5, 5.41) is 11.7. The van der Waals surface area contributed by atoms with Gasteiger partial charge in [-0.2, -0.15) is 4.39 Å². The first kappa shape index (κ1) is 17.4. The lowest BCUT2D eigenvalue weighted by Crippen LogP contribution is -2.27. The molecule has 1 aliphatic heterocycles. The molecule has 126 valence electrons. The number of pyridine rings is 1. The van der Waals surface area contributed by atoms with Crippen LogP contribution in [0, 0.1) is 5.95 Å². The van der Waals surface area contributed by atoms with Crippen molar-refractivity contribution in [3.8, 4) is 0 Å². The maximum atomic E-state index is 14.3. The van der Waals surface area contributed by atoms with Crippen LogP contribution >= 0.6 is 0 Å². The first-order valence-electron chi connectivity index (χ1n) is 7.36. The maximum absolute atomic E-state index is 14.3. The van der Waals surface area contributed by atoms with Crippen molar-refractivity contribution in [2.75, 3.05) is 25.1 Å². The van der Waals surface area contributed by atoms with E-state index < -0.39 is 17.6 Å². The molecule has 0 aliphatic carbocycles. The fraction of sp³-hybridized carbons (Fsp3) is 0.500. The van der Waals surface area contributed by atoms with Crippen LogP contribution in [0.1, 0.15) is 32.8 Å². The Hall–Kier alpha value is -1.99. The van der Waals surface area contributed by atoms with Crippen molar-refractivity contribution in [3.63, 3.8) is 0 Å². The molecule has 0 spiro atoms. The molecule has 6 nitrogen and oxygen atoms in total. The van der Waals surface area contributed by atoms with Crippen molar-refractivity contribution in [2.24, 2.45) is 0 Å². The lowest BCUT2D eigenvalue weighted by molar-refractivity contribution is 0.0635. The Morgan fingerprint density at radius 3 is 2.83 bits per heavy atom. The number of aromatic nitrogens is 1. The van der Waals surface area contributed by atoms with Gasteiger partial charge in [0.05, 0.1) is 19.8 Å². The van der Waals surface area contributed by atoms with Crippen LogP contribution in [0.4, 0.5) is 15.0 Å². The Kier molecular flexibility index (Phi) is 5.33. The van der Waals surface area contributed by atoms with Crippen molar-refractivity contribution < 1.29 is 23.8 Å². The van der Waals surface area contributed by atoms with E-state index in [0.717, 1.165) is 0 Å². The molecule has 0 atom stereocenters. The second kappa shape index (κ2) is 7.06. The van der Waals surface area contributed by atoms with Crippen molar-refractivity contribution in [2.45, 2.75) is 32.8 Å². The highest BCUT2D eigenvalue weighted by molar-refractivity contribution is 5.84. The van der Waals surface area contributed by atoms with E-state index in [1.54, 1.807) is 20.8 Å². The van der Waals surface area contributed by atoms with Gasteiger partial charge in [-0.25, -0.2) is 9.78 Å². The van der Waals surface area contributed by atoms with Gasteiger partial charge in [-0.1, -0.05) is 0 Å². The van der Waals surface area contributed by atoms with Crippen LogP contribution in [0.15, 0.2) is 17.7 Å². The summed E-state index contributed by atoms with van der Waals surface area (Å²) in [6.45, 7) is 5.76. The Labute approximate surface area is 134 Å². The van der Waals surface area contributed by atoms with Crippen LogP contribution in [0.3, 0.4) is 0 Å². The number of hydrogen-bond acceptors (Lipinski definition) is 5. The molecular weight excluding hydrogens is 303 g/mol. The van der Waals surface area contributed by atoms with Crippen LogP contribution in [0.25, 0.3) is 5.57 Å². The Bertz CT molecular complexity index is 623. The van der Waals surface area contributed by atoms with Gasteiger partial charge in [-0.3, -0.25) is 5.32 Å². The molecule has 2 N–H and O–H groups in total. The van der Waals surface area contributed by atoms with E-state index in [9.17, 15) is 14.3 Å². The molecule has 2 rings (SSSR count). The quantitative estimate of drug-likeness (QED) is 0.836. The number of anilines is 1. The number of nitrogens with one attached hydrogen (secondary N) is 1. The summed E-state index contributed by atoms with van der Waals surface area (Å²) in [5.74, 6) is -0.639. The molecule has 1 aromatic heterocycles. The highest BCUT2D eigenvalue weighted by atomic mass is 19.1. The third kappa shape index (κ3) is 4.74. The zero-order valence-electron chi connectivity index (χ0n) is 13.5. The minimum absolute atomic E-state index is 0.0682. The van der Waals surface area contributed by atoms with Crippen LogP contribution in [0.5, 0.6) is 0 Å².